The van der Waals surface area contributed by atoms with Gasteiger partial charge in [-0.3, -0.25) is 0 Å². The van der Waals surface area contributed by atoms with Crippen LogP contribution in [0.5, 0.6) is 0 Å². The summed E-state index contributed by atoms with van der Waals surface area (Å²) in [5.74, 6) is 0.947. The lowest BCUT2D eigenvalue weighted by Crippen LogP contribution is -2.25. The molecule has 2 aromatic rings. The zero-order valence-electron chi connectivity index (χ0n) is 12.9. The molecule has 1 aromatic heterocycles. The molecule has 0 amide bonds. The Kier molecular flexibility index (Phi) is 4.42. The number of nitrogens with two attached hydrogens (primary N) is 1. The molecule has 0 aliphatic carbocycles. The van der Waals surface area contributed by atoms with Crippen LogP contribution in [-0.4, -0.2) is 16.2 Å². The lowest BCUT2D eigenvalue weighted by atomic mass is 9.84. The van der Waals surface area contributed by atoms with Crippen LogP contribution in [0.4, 0.5) is 4.39 Å². The molecule has 0 fully saturated rings. The highest BCUT2D eigenvalue weighted by Crippen LogP contribution is 2.31. The van der Waals surface area contributed by atoms with Gasteiger partial charge in [0.1, 0.15) is 5.82 Å². The Labute approximate surface area is 124 Å². The van der Waals surface area contributed by atoms with Crippen molar-refractivity contribution in [2.75, 3.05) is 0 Å². The number of nitrogens with zero attached hydrogens (tertiary/aromatic N) is 2. The summed E-state index contributed by atoms with van der Waals surface area (Å²) in [5, 5.41) is 4.10. The summed E-state index contributed by atoms with van der Waals surface area (Å²) < 4.78 is 18.5. The first-order chi connectivity index (χ1) is 9.86. The summed E-state index contributed by atoms with van der Waals surface area (Å²) in [6, 6.07) is 6.32. The Balaban J connectivity index is 2.33. The van der Waals surface area contributed by atoms with E-state index >= 15 is 0 Å². The minimum atomic E-state index is -0.453. The molecule has 0 radical (unpaired) electrons. The molecule has 4 nitrogen and oxygen atoms in total. The molecule has 0 aliphatic heterocycles. The van der Waals surface area contributed by atoms with E-state index in [0.717, 1.165) is 12.0 Å². The van der Waals surface area contributed by atoms with E-state index in [1.807, 2.05) is 27.7 Å². The van der Waals surface area contributed by atoms with Crippen LogP contribution in [0, 0.1) is 5.82 Å². The van der Waals surface area contributed by atoms with Gasteiger partial charge in [-0.25, -0.2) is 4.39 Å². The van der Waals surface area contributed by atoms with Crippen LogP contribution < -0.4 is 5.73 Å². The fraction of sp³-hybridized carbons (Fsp3) is 0.500. The third-order valence-electron chi connectivity index (χ3n) is 3.96. The highest BCUT2D eigenvalue weighted by atomic mass is 19.1. The molecule has 2 atom stereocenters. The summed E-state index contributed by atoms with van der Waals surface area (Å²) >= 11 is 0. The Morgan fingerprint density at radius 1 is 1.29 bits per heavy atom. The number of benzene rings is 1. The van der Waals surface area contributed by atoms with Crippen LogP contribution in [-0.2, 0) is 5.41 Å². The largest absolute Gasteiger partial charge is 0.339 e. The van der Waals surface area contributed by atoms with Gasteiger partial charge in [0.15, 0.2) is 5.82 Å². The molecule has 0 saturated heterocycles. The van der Waals surface area contributed by atoms with Crippen LogP contribution in [0.15, 0.2) is 28.8 Å². The quantitative estimate of drug-likeness (QED) is 0.917. The van der Waals surface area contributed by atoms with E-state index in [-0.39, 0.29) is 17.8 Å². The van der Waals surface area contributed by atoms with Gasteiger partial charge in [0.25, 0.3) is 0 Å². The van der Waals surface area contributed by atoms with E-state index < -0.39 is 5.41 Å². The molecule has 0 saturated carbocycles. The van der Waals surface area contributed by atoms with E-state index in [1.54, 1.807) is 12.1 Å². The molecule has 2 rings (SSSR count). The van der Waals surface area contributed by atoms with Gasteiger partial charge in [-0.2, -0.15) is 4.98 Å². The lowest BCUT2D eigenvalue weighted by Gasteiger charge is -2.21. The maximum absolute atomic E-state index is 13.1. The summed E-state index contributed by atoms with van der Waals surface area (Å²) in [6.45, 7) is 7.95. The van der Waals surface area contributed by atoms with Gasteiger partial charge in [-0.05, 0) is 44.9 Å². The first kappa shape index (κ1) is 15.6. The Bertz CT molecular complexity index is 590. The van der Waals surface area contributed by atoms with Gasteiger partial charge in [0, 0.05) is 6.04 Å². The Morgan fingerprint density at radius 2 is 1.90 bits per heavy atom. The van der Waals surface area contributed by atoms with Gasteiger partial charge in [0.2, 0.25) is 5.89 Å². The molecule has 0 bridgehead atoms. The molecular formula is C16H22FN3O. The number of rotatable bonds is 5. The zero-order valence-corrected chi connectivity index (χ0v) is 12.9. The van der Waals surface area contributed by atoms with Crippen molar-refractivity contribution in [3.05, 3.63) is 47.4 Å². The molecule has 1 aromatic carbocycles. The van der Waals surface area contributed by atoms with E-state index in [0.29, 0.717) is 11.7 Å². The van der Waals surface area contributed by atoms with Crippen molar-refractivity contribution >= 4 is 0 Å². The number of hydrogen-bond donors (Lipinski definition) is 1. The van der Waals surface area contributed by atoms with E-state index in [4.69, 9.17) is 10.3 Å². The van der Waals surface area contributed by atoms with Crippen molar-refractivity contribution in [1.29, 1.82) is 0 Å². The minimum Gasteiger partial charge on any atom is -0.339 e. The maximum atomic E-state index is 13.1. The molecule has 5 heteroatoms. The normalized spacial score (nSPS) is 15.0. The molecule has 114 valence electrons. The monoisotopic (exact) mass is 291 g/mol. The van der Waals surface area contributed by atoms with Gasteiger partial charge in [-0.15, -0.1) is 0 Å². The van der Waals surface area contributed by atoms with Crippen molar-refractivity contribution < 1.29 is 8.91 Å². The average molecular weight is 291 g/mol. The SMILES string of the molecule is CCC(c1nc(C(C)(C)c2ccc(F)cc2)no1)C(C)N. The topological polar surface area (TPSA) is 64.9 Å². The van der Waals surface area contributed by atoms with Crippen molar-refractivity contribution in [3.8, 4) is 0 Å². The van der Waals surface area contributed by atoms with Gasteiger partial charge >= 0.3 is 0 Å². The predicted octanol–water partition coefficient (Wildman–Crippen LogP) is 3.38. The van der Waals surface area contributed by atoms with Crippen LogP contribution in [0.1, 0.15) is 57.3 Å². The highest BCUT2D eigenvalue weighted by Gasteiger charge is 2.31. The zero-order chi connectivity index (χ0) is 15.6. The molecule has 0 spiro atoms. The first-order valence-electron chi connectivity index (χ1n) is 7.22. The fourth-order valence-corrected chi connectivity index (χ4v) is 2.41. The van der Waals surface area contributed by atoms with E-state index in [9.17, 15) is 4.39 Å². The first-order valence-corrected chi connectivity index (χ1v) is 7.22. The third-order valence-corrected chi connectivity index (χ3v) is 3.96. The van der Waals surface area contributed by atoms with Crippen molar-refractivity contribution in [1.82, 2.24) is 10.1 Å². The maximum Gasteiger partial charge on any atom is 0.231 e. The lowest BCUT2D eigenvalue weighted by molar-refractivity contribution is 0.327. The highest BCUT2D eigenvalue weighted by molar-refractivity contribution is 5.30. The van der Waals surface area contributed by atoms with Crippen molar-refractivity contribution in [3.63, 3.8) is 0 Å². The number of halogens is 1. The summed E-state index contributed by atoms with van der Waals surface area (Å²) in [5.41, 5.74) is 6.44. The molecule has 1 heterocycles. The summed E-state index contributed by atoms with van der Waals surface area (Å²) in [7, 11) is 0. The van der Waals surface area contributed by atoms with Gasteiger partial charge < -0.3 is 10.3 Å². The van der Waals surface area contributed by atoms with Gasteiger partial charge in [0.05, 0.1) is 11.3 Å². The van der Waals surface area contributed by atoms with Crippen LogP contribution in [0.25, 0.3) is 0 Å². The minimum absolute atomic E-state index is 0.0442. The average Bonchev–Trinajstić information content (AvgIpc) is 2.90. The molecule has 2 N–H and O–H groups in total. The third kappa shape index (κ3) is 3.13. The molecule has 21 heavy (non-hydrogen) atoms. The summed E-state index contributed by atoms with van der Waals surface area (Å²) in [6.07, 6.45) is 0.844. The number of aromatic nitrogens is 2. The Hall–Kier alpha value is -1.75. The Morgan fingerprint density at radius 3 is 2.43 bits per heavy atom. The van der Waals surface area contributed by atoms with E-state index in [1.165, 1.54) is 12.1 Å². The predicted molar refractivity (Wildman–Crippen MR) is 79.5 cm³/mol. The second-order valence-electron chi connectivity index (χ2n) is 5.96. The number of hydrogen-bond acceptors (Lipinski definition) is 4. The van der Waals surface area contributed by atoms with Crippen LogP contribution >= 0.6 is 0 Å². The van der Waals surface area contributed by atoms with E-state index in [2.05, 4.69) is 10.1 Å². The van der Waals surface area contributed by atoms with Crippen molar-refractivity contribution in [2.45, 2.75) is 51.5 Å². The van der Waals surface area contributed by atoms with Crippen molar-refractivity contribution in [2.24, 2.45) is 5.73 Å². The fourth-order valence-electron chi connectivity index (χ4n) is 2.41. The second-order valence-corrected chi connectivity index (χ2v) is 5.96. The second kappa shape index (κ2) is 5.93. The molecule has 0 aliphatic rings. The standard InChI is InChI=1S/C16H22FN3O/c1-5-13(10(2)18)14-19-15(20-21-14)16(3,4)11-6-8-12(17)9-7-11/h6-10,13H,5,18H2,1-4H3. The van der Waals surface area contributed by atoms with Crippen LogP contribution in [0.3, 0.4) is 0 Å². The van der Waals surface area contributed by atoms with Gasteiger partial charge in [-0.1, -0.05) is 24.2 Å². The smallest absolute Gasteiger partial charge is 0.231 e. The molecule has 2 unspecified atom stereocenters. The van der Waals surface area contributed by atoms with Crippen LogP contribution in [0.2, 0.25) is 0 Å². The summed E-state index contributed by atoms with van der Waals surface area (Å²) in [4.78, 5) is 4.52. The molecular weight excluding hydrogens is 269 g/mol.